The van der Waals surface area contributed by atoms with E-state index in [2.05, 4.69) is 5.10 Å². The normalized spacial score (nSPS) is 17.2. The van der Waals surface area contributed by atoms with Gasteiger partial charge in [-0.25, -0.2) is 4.68 Å². The van der Waals surface area contributed by atoms with Crippen molar-refractivity contribution >= 4 is 17.5 Å². The summed E-state index contributed by atoms with van der Waals surface area (Å²) in [5.41, 5.74) is 0.634. The Labute approximate surface area is 110 Å². The van der Waals surface area contributed by atoms with E-state index in [0.29, 0.717) is 5.02 Å². The number of carbonyl (C=O) groups excluding carboxylic acids is 1. The molecular formula is C14H13ClN2O. The first-order valence-corrected chi connectivity index (χ1v) is 6.41. The number of hydrogen-bond donors (Lipinski definition) is 0. The van der Waals surface area contributed by atoms with Gasteiger partial charge >= 0.3 is 0 Å². The van der Waals surface area contributed by atoms with Crippen LogP contribution in [0.15, 0.2) is 42.7 Å². The van der Waals surface area contributed by atoms with Crippen LogP contribution in [0, 0.1) is 0 Å². The van der Waals surface area contributed by atoms with E-state index in [-0.39, 0.29) is 5.91 Å². The molecule has 1 aromatic carbocycles. The van der Waals surface area contributed by atoms with Crippen molar-refractivity contribution in [3.05, 3.63) is 53.3 Å². The highest BCUT2D eigenvalue weighted by atomic mass is 35.5. The fourth-order valence-electron chi connectivity index (χ4n) is 2.53. The predicted molar refractivity (Wildman–Crippen MR) is 69.8 cm³/mol. The van der Waals surface area contributed by atoms with E-state index in [0.717, 1.165) is 24.8 Å². The molecule has 4 heteroatoms. The smallest absolute Gasteiger partial charge is 0.257 e. The van der Waals surface area contributed by atoms with E-state index in [1.54, 1.807) is 18.5 Å². The van der Waals surface area contributed by atoms with E-state index >= 15 is 0 Å². The Bertz CT molecular complexity index is 556. The molecule has 0 unspecified atom stereocenters. The number of benzene rings is 1. The Kier molecular flexibility index (Phi) is 2.71. The van der Waals surface area contributed by atoms with Crippen LogP contribution in [0.2, 0.25) is 5.02 Å². The highest BCUT2D eigenvalue weighted by Gasteiger charge is 2.46. The predicted octanol–water partition coefficient (Wildman–Crippen LogP) is 3.30. The van der Waals surface area contributed by atoms with E-state index in [9.17, 15) is 4.79 Å². The molecule has 0 bridgehead atoms. The van der Waals surface area contributed by atoms with Crippen molar-refractivity contribution in [2.45, 2.75) is 24.7 Å². The summed E-state index contributed by atoms with van der Waals surface area (Å²) >= 11 is 5.90. The molecule has 1 fully saturated rings. The Morgan fingerprint density at radius 3 is 2.50 bits per heavy atom. The van der Waals surface area contributed by atoms with Gasteiger partial charge in [0.1, 0.15) is 0 Å². The average Bonchev–Trinajstić information content (AvgIpc) is 2.83. The van der Waals surface area contributed by atoms with Crippen LogP contribution < -0.4 is 0 Å². The zero-order chi connectivity index (χ0) is 12.6. The van der Waals surface area contributed by atoms with Gasteiger partial charge in [0.25, 0.3) is 5.91 Å². The van der Waals surface area contributed by atoms with Gasteiger partial charge in [0.2, 0.25) is 0 Å². The molecule has 0 atom stereocenters. The van der Waals surface area contributed by atoms with Gasteiger partial charge < -0.3 is 0 Å². The van der Waals surface area contributed by atoms with E-state index < -0.39 is 5.41 Å². The highest BCUT2D eigenvalue weighted by Crippen LogP contribution is 2.45. The Morgan fingerprint density at radius 1 is 1.28 bits per heavy atom. The summed E-state index contributed by atoms with van der Waals surface area (Å²) in [6.07, 6.45) is 6.18. The molecule has 1 heterocycles. The van der Waals surface area contributed by atoms with Crippen LogP contribution >= 0.6 is 11.6 Å². The summed E-state index contributed by atoms with van der Waals surface area (Å²) in [6, 6.07) is 9.35. The Morgan fingerprint density at radius 2 is 2.00 bits per heavy atom. The van der Waals surface area contributed by atoms with Gasteiger partial charge in [-0.05, 0) is 36.6 Å². The molecular weight excluding hydrogens is 248 g/mol. The van der Waals surface area contributed by atoms with Gasteiger partial charge in [0.05, 0.1) is 5.41 Å². The lowest BCUT2D eigenvalue weighted by molar-refractivity contribution is 0.0676. The number of hydrogen-bond acceptors (Lipinski definition) is 2. The summed E-state index contributed by atoms with van der Waals surface area (Å²) in [5.74, 6) is 0.0565. The summed E-state index contributed by atoms with van der Waals surface area (Å²) in [7, 11) is 0. The molecule has 2 aromatic rings. The van der Waals surface area contributed by atoms with Gasteiger partial charge in [-0.1, -0.05) is 30.2 Å². The molecule has 92 valence electrons. The van der Waals surface area contributed by atoms with Gasteiger partial charge in [-0.15, -0.1) is 0 Å². The zero-order valence-electron chi connectivity index (χ0n) is 9.84. The molecule has 0 saturated heterocycles. The molecule has 18 heavy (non-hydrogen) atoms. The number of carbonyl (C=O) groups is 1. The third kappa shape index (κ3) is 1.66. The molecule has 0 N–H and O–H groups in total. The summed E-state index contributed by atoms with van der Waals surface area (Å²) in [6.45, 7) is 0. The zero-order valence-corrected chi connectivity index (χ0v) is 10.6. The quantitative estimate of drug-likeness (QED) is 0.830. The summed E-state index contributed by atoms with van der Waals surface area (Å²) in [4.78, 5) is 12.6. The maximum atomic E-state index is 12.6. The topological polar surface area (TPSA) is 34.9 Å². The molecule has 0 radical (unpaired) electrons. The van der Waals surface area contributed by atoms with Gasteiger partial charge in [-0.2, -0.15) is 5.10 Å². The third-order valence-electron chi connectivity index (χ3n) is 3.73. The number of nitrogens with zero attached hydrogens (tertiary/aromatic N) is 2. The molecule has 0 spiro atoms. The van der Waals surface area contributed by atoms with Crippen molar-refractivity contribution in [1.82, 2.24) is 9.78 Å². The van der Waals surface area contributed by atoms with Crippen molar-refractivity contribution in [3.63, 3.8) is 0 Å². The summed E-state index contributed by atoms with van der Waals surface area (Å²) < 4.78 is 1.44. The van der Waals surface area contributed by atoms with Crippen LogP contribution in [-0.4, -0.2) is 15.7 Å². The van der Waals surface area contributed by atoms with Crippen LogP contribution in [0.5, 0.6) is 0 Å². The van der Waals surface area contributed by atoms with E-state index in [1.807, 2.05) is 24.3 Å². The largest absolute Gasteiger partial charge is 0.272 e. The second-order valence-electron chi connectivity index (χ2n) is 4.70. The fraction of sp³-hybridized carbons (Fsp3) is 0.286. The molecule has 1 aliphatic rings. The lowest BCUT2D eigenvalue weighted by atomic mass is 9.64. The Hall–Kier alpha value is -1.61. The molecule has 0 amide bonds. The Balaban J connectivity index is 2.00. The number of rotatable bonds is 2. The molecule has 0 aliphatic heterocycles. The van der Waals surface area contributed by atoms with Gasteiger partial charge in [0, 0.05) is 17.4 Å². The van der Waals surface area contributed by atoms with Crippen LogP contribution in [0.3, 0.4) is 0 Å². The van der Waals surface area contributed by atoms with Crippen molar-refractivity contribution < 1.29 is 4.79 Å². The first kappa shape index (κ1) is 11.5. The maximum absolute atomic E-state index is 12.6. The lowest BCUT2D eigenvalue weighted by Gasteiger charge is -2.40. The van der Waals surface area contributed by atoms with Crippen molar-refractivity contribution in [2.75, 3.05) is 0 Å². The van der Waals surface area contributed by atoms with Crippen LogP contribution in [0.25, 0.3) is 0 Å². The second-order valence-corrected chi connectivity index (χ2v) is 5.13. The first-order valence-electron chi connectivity index (χ1n) is 6.03. The minimum atomic E-state index is -0.406. The molecule has 1 aromatic heterocycles. The second kappa shape index (κ2) is 4.25. The molecule has 3 nitrogen and oxygen atoms in total. The maximum Gasteiger partial charge on any atom is 0.257 e. The van der Waals surface area contributed by atoms with Crippen LogP contribution in [0.1, 0.15) is 29.6 Å². The third-order valence-corrected chi connectivity index (χ3v) is 3.98. The number of halogens is 1. The molecule has 1 saturated carbocycles. The lowest BCUT2D eigenvalue weighted by Crippen LogP contribution is -2.45. The molecule has 1 aliphatic carbocycles. The van der Waals surface area contributed by atoms with Gasteiger partial charge in [0.15, 0.2) is 0 Å². The van der Waals surface area contributed by atoms with E-state index in [1.165, 1.54) is 4.68 Å². The monoisotopic (exact) mass is 260 g/mol. The van der Waals surface area contributed by atoms with E-state index in [4.69, 9.17) is 11.6 Å². The molecule has 3 rings (SSSR count). The minimum absolute atomic E-state index is 0.0565. The number of aromatic nitrogens is 2. The van der Waals surface area contributed by atoms with Crippen LogP contribution in [-0.2, 0) is 5.41 Å². The average molecular weight is 261 g/mol. The first-order chi connectivity index (χ1) is 8.72. The SMILES string of the molecule is O=C(n1cccn1)C1(c2ccc(Cl)cc2)CCC1. The summed E-state index contributed by atoms with van der Waals surface area (Å²) in [5, 5.41) is 4.74. The minimum Gasteiger partial charge on any atom is -0.272 e. The van der Waals surface area contributed by atoms with Crippen LogP contribution in [0.4, 0.5) is 0 Å². The van der Waals surface area contributed by atoms with Gasteiger partial charge in [-0.3, -0.25) is 4.79 Å². The highest BCUT2D eigenvalue weighted by molar-refractivity contribution is 6.30. The van der Waals surface area contributed by atoms with Crippen molar-refractivity contribution in [3.8, 4) is 0 Å². The fourth-order valence-corrected chi connectivity index (χ4v) is 2.66. The van der Waals surface area contributed by atoms with Crippen molar-refractivity contribution in [1.29, 1.82) is 0 Å². The standard InChI is InChI=1S/C14H13ClN2O/c15-12-5-3-11(4-6-12)14(7-1-8-14)13(18)17-10-2-9-16-17/h2-6,9-10H,1,7-8H2. The van der Waals surface area contributed by atoms with Crippen molar-refractivity contribution in [2.24, 2.45) is 0 Å².